The number of thiophene rings is 1. The van der Waals surface area contributed by atoms with Crippen molar-refractivity contribution in [2.24, 2.45) is 0 Å². The van der Waals surface area contributed by atoms with E-state index in [0.29, 0.717) is 6.04 Å². The van der Waals surface area contributed by atoms with Gasteiger partial charge in [0.05, 0.1) is 0 Å². The molecule has 0 spiro atoms. The molecule has 0 amide bonds. The second kappa shape index (κ2) is 5.78. The molecule has 0 aliphatic carbocycles. The summed E-state index contributed by atoms with van der Waals surface area (Å²) in [6.07, 6.45) is 2.35. The number of likely N-dealkylation sites (N-methyl/N-ethyl adjacent to an activating group) is 1. The van der Waals surface area contributed by atoms with Crippen LogP contribution in [-0.2, 0) is 6.42 Å². The quantitative estimate of drug-likeness (QED) is 0.857. The Morgan fingerprint density at radius 3 is 2.77 bits per heavy atom. The summed E-state index contributed by atoms with van der Waals surface area (Å²) in [5, 5.41) is 5.63. The molecule has 3 heteroatoms. The lowest BCUT2D eigenvalue weighted by Crippen LogP contribution is -2.29. The molecule has 0 bridgehead atoms. The van der Waals surface area contributed by atoms with Crippen molar-refractivity contribution in [3.05, 3.63) is 20.8 Å². The monoisotopic (exact) mass is 261 g/mol. The van der Waals surface area contributed by atoms with Crippen molar-refractivity contribution in [3.63, 3.8) is 0 Å². The van der Waals surface area contributed by atoms with Crippen LogP contribution in [0.3, 0.4) is 0 Å². The Hall–Kier alpha value is 0.140. The van der Waals surface area contributed by atoms with Crippen LogP contribution in [0.1, 0.15) is 25.1 Å². The third-order valence-corrected chi connectivity index (χ3v) is 3.77. The molecule has 1 heterocycles. The van der Waals surface area contributed by atoms with Gasteiger partial charge in [-0.05, 0) is 41.4 Å². The minimum atomic E-state index is 0.635. The molecule has 0 saturated heterocycles. The molecule has 1 atom stereocenters. The van der Waals surface area contributed by atoms with Gasteiger partial charge in [0.15, 0.2) is 0 Å². The van der Waals surface area contributed by atoms with Crippen LogP contribution in [0.25, 0.3) is 0 Å². The van der Waals surface area contributed by atoms with Gasteiger partial charge in [0.2, 0.25) is 0 Å². The van der Waals surface area contributed by atoms with E-state index in [1.54, 1.807) is 0 Å². The first-order chi connectivity index (χ1) is 6.26. The fraction of sp³-hybridized carbons (Fsp3) is 0.600. The van der Waals surface area contributed by atoms with Crippen molar-refractivity contribution in [2.75, 3.05) is 6.54 Å². The first-order valence-corrected chi connectivity index (χ1v) is 6.39. The SMILES string of the molecule is CCNC(CC)Cc1cc(Br)cs1. The first kappa shape index (κ1) is 11.2. The predicted octanol–water partition coefficient (Wildman–Crippen LogP) is 3.44. The third-order valence-electron chi connectivity index (χ3n) is 2.05. The second-order valence-corrected chi connectivity index (χ2v) is 5.01. The Morgan fingerprint density at radius 2 is 2.31 bits per heavy atom. The van der Waals surface area contributed by atoms with Crippen LogP contribution in [-0.4, -0.2) is 12.6 Å². The standard InChI is InChI=1S/C10H16BrNS/c1-3-9(12-4-2)6-10-5-8(11)7-13-10/h5,7,9,12H,3-4,6H2,1-2H3. The highest BCUT2D eigenvalue weighted by atomic mass is 79.9. The van der Waals surface area contributed by atoms with Gasteiger partial charge in [-0.1, -0.05) is 13.8 Å². The van der Waals surface area contributed by atoms with E-state index in [9.17, 15) is 0 Å². The molecule has 0 aromatic carbocycles. The zero-order chi connectivity index (χ0) is 9.68. The second-order valence-electron chi connectivity index (χ2n) is 3.10. The zero-order valence-electron chi connectivity index (χ0n) is 8.14. The van der Waals surface area contributed by atoms with Crippen LogP contribution >= 0.6 is 27.3 Å². The fourth-order valence-electron chi connectivity index (χ4n) is 1.35. The minimum Gasteiger partial charge on any atom is -0.314 e. The molecule has 74 valence electrons. The summed E-state index contributed by atoms with van der Waals surface area (Å²) >= 11 is 5.31. The van der Waals surface area contributed by atoms with Crippen molar-refractivity contribution < 1.29 is 0 Å². The summed E-state index contributed by atoms with van der Waals surface area (Å²) < 4.78 is 1.21. The van der Waals surface area contributed by atoms with Gasteiger partial charge in [0.1, 0.15) is 0 Å². The molecule has 1 aromatic rings. The van der Waals surface area contributed by atoms with Gasteiger partial charge in [-0.3, -0.25) is 0 Å². The molecule has 1 nitrogen and oxygen atoms in total. The lowest BCUT2D eigenvalue weighted by Gasteiger charge is -2.13. The summed E-state index contributed by atoms with van der Waals surface area (Å²) in [4.78, 5) is 1.46. The number of halogens is 1. The number of hydrogen-bond donors (Lipinski definition) is 1. The van der Waals surface area contributed by atoms with Gasteiger partial charge in [0, 0.05) is 20.8 Å². The average Bonchev–Trinajstić information content (AvgIpc) is 2.50. The Bertz CT molecular complexity index is 247. The number of rotatable bonds is 5. The summed E-state index contributed by atoms with van der Waals surface area (Å²) in [6.45, 7) is 5.45. The molecule has 1 unspecified atom stereocenters. The Morgan fingerprint density at radius 1 is 1.54 bits per heavy atom. The highest BCUT2D eigenvalue weighted by molar-refractivity contribution is 9.10. The first-order valence-electron chi connectivity index (χ1n) is 4.72. The molecule has 0 aliphatic heterocycles. The van der Waals surface area contributed by atoms with Gasteiger partial charge in [0.25, 0.3) is 0 Å². The molecule has 0 radical (unpaired) electrons. The van der Waals surface area contributed by atoms with E-state index in [4.69, 9.17) is 0 Å². The summed E-state index contributed by atoms with van der Waals surface area (Å²) in [7, 11) is 0. The summed E-state index contributed by atoms with van der Waals surface area (Å²) in [5.74, 6) is 0. The molecule has 1 aromatic heterocycles. The van der Waals surface area contributed by atoms with Crippen LogP contribution in [0.5, 0.6) is 0 Å². The van der Waals surface area contributed by atoms with Crippen molar-refractivity contribution >= 4 is 27.3 Å². The molecule has 0 saturated carbocycles. The molecule has 13 heavy (non-hydrogen) atoms. The Kier molecular flexibility index (Phi) is 4.99. The average molecular weight is 262 g/mol. The molecule has 0 fully saturated rings. The molecule has 1 N–H and O–H groups in total. The normalized spacial score (nSPS) is 13.2. The van der Waals surface area contributed by atoms with Gasteiger partial charge < -0.3 is 5.32 Å². The third kappa shape index (κ3) is 3.79. The van der Waals surface area contributed by atoms with E-state index in [1.807, 2.05) is 11.3 Å². The van der Waals surface area contributed by atoms with Gasteiger partial charge in [-0.15, -0.1) is 11.3 Å². The topological polar surface area (TPSA) is 12.0 Å². The lowest BCUT2D eigenvalue weighted by atomic mass is 10.1. The summed E-state index contributed by atoms with van der Waals surface area (Å²) in [6, 6.07) is 2.85. The Labute approximate surface area is 92.7 Å². The highest BCUT2D eigenvalue weighted by Gasteiger charge is 2.06. The van der Waals surface area contributed by atoms with E-state index < -0.39 is 0 Å². The van der Waals surface area contributed by atoms with Crippen molar-refractivity contribution in [1.29, 1.82) is 0 Å². The van der Waals surface area contributed by atoms with Gasteiger partial charge in [-0.25, -0.2) is 0 Å². The molecular formula is C10H16BrNS. The van der Waals surface area contributed by atoms with Crippen molar-refractivity contribution in [3.8, 4) is 0 Å². The maximum Gasteiger partial charge on any atom is 0.0285 e. The Balaban J connectivity index is 2.46. The lowest BCUT2D eigenvalue weighted by molar-refractivity contribution is 0.513. The maximum atomic E-state index is 3.48. The van der Waals surface area contributed by atoms with Crippen molar-refractivity contribution in [2.45, 2.75) is 32.7 Å². The van der Waals surface area contributed by atoms with E-state index in [-0.39, 0.29) is 0 Å². The fourth-order valence-corrected chi connectivity index (χ4v) is 2.89. The van der Waals surface area contributed by atoms with Crippen LogP contribution in [0, 0.1) is 0 Å². The number of hydrogen-bond acceptors (Lipinski definition) is 2. The summed E-state index contributed by atoms with van der Waals surface area (Å²) in [5.41, 5.74) is 0. The van der Waals surface area contributed by atoms with Crippen LogP contribution in [0.15, 0.2) is 15.9 Å². The van der Waals surface area contributed by atoms with E-state index in [2.05, 4.69) is 46.5 Å². The van der Waals surface area contributed by atoms with Crippen LogP contribution < -0.4 is 5.32 Å². The zero-order valence-corrected chi connectivity index (χ0v) is 10.5. The molecule has 0 aliphatic rings. The number of nitrogens with one attached hydrogen (secondary N) is 1. The highest BCUT2D eigenvalue weighted by Crippen LogP contribution is 2.21. The molecule has 1 rings (SSSR count). The van der Waals surface area contributed by atoms with E-state index in [1.165, 1.54) is 15.8 Å². The van der Waals surface area contributed by atoms with E-state index >= 15 is 0 Å². The van der Waals surface area contributed by atoms with Crippen LogP contribution in [0.2, 0.25) is 0 Å². The minimum absolute atomic E-state index is 0.635. The van der Waals surface area contributed by atoms with Crippen LogP contribution in [0.4, 0.5) is 0 Å². The smallest absolute Gasteiger partial charge is 0.0285 e. The largest absolute Gasteiger partial charge is 0.314 e. The van der Waals surface area contributed by atoms with Crippen molar-refractivity contribution in [1.82, 2.24) is 5.32 Å². The van der Waals surface area contributed by atoms with Gasteiger partial charge in [-0.2, -0.15) is 0 Å². The van der Waals surface area contributed by atoms with Gasteiger partial charge >= 0.3 is 0 Å². The molecular weight excluding hydrogens is 246 g/mol. The predicted molar refractivity (Wildman–Crippen MR) is 63.5 cm³/mol. The maximum absolute atomic E-state index is 3.48. The van der Waals surface area contributed by atoms with E-state index in [0.717, 1.165) is 13.0 Å².